The molecule has 0 amide bonds. The van der Waals surface area contributed by atoms with Crippen molar-refractivity contribution in [3.05, 3.63) is 54.6 Å². The van der Waals surface area contributed by atoms with Crippen molar-refractivity contribution in [2.45, 2.75) is 30.7 Å². The van der Waals surface area contributed by atoms with E-state index in [9.17, 15) is 16.8 Å². The summed E-state index contributed by atoms with van der Waals surface area (Å²) in [6, 6.07) is 8.57. The highest BCUT2D eigenvalue weighted by Gasteiger charge is 2.34. The van der Waals surface area contributed by atoms with Crippen LogP contribution in [0.15, 0.2) is 53.9 Å². The molecule has 3 aromatic heterocycles. The first-order valence-electron chi connectivity index (χ1n) is 10.3. The average molecular weight is 474 g/mol. The molecule has 0 unspecified atom stereocenters. The summed E-state index contributed by atoms with van der Waals surface area (Å²) >= 11 is 0. The Bertz CT molecular complexity index is 1530. The van der Waals surface area contributed by atoms with Crippen molar-refractivity contribution in [3.8, 4) is 0 Å². The molecule has 1 aliphatic carbocycles. The molecule has 0 bridgehead atoms. The molecule has 0 spiro atoms. The van der Waals surface area contributed by atoms with Gasteiger partial charge < -0.3 is 4.57 Å². The van der Waals surface area contributed by atoms with Gasteiger partial charge in [-0.25, -0.2) is 35.5 Å². The number of hydrogen-bond acceptors (Lipinski definition) is 6. The lowest BCUT2D eigenvalue weighted by Gasteiger charge is -2.36. The number of nitrogens with zero attached hydrogens (tertiary/aromatic N) is 4. The Balaban J connectivity index is 1.53. The predicted molar refractivity (Wildman–Crippen MR) is 121 cm³/mol. The standard InChI is InChI=1S/C21H23N5O4S2/c1-14-3-5-17(6-4-14)32(29,30)26-8-7-18-20-19(11-23-21(18)26)24-13-25(20)16-9-15(10-16)12-31(27,28)22-2/h3-8,11,13,15-16,22H,9-10,12H2,1-2H3. The van der Waals surface area contributed by atoms with Crippen molar-refractivity contribution in [3.63, 3.8) is 0 Å². The smallest absolute Gasteiger partial charge is 0.269 e. The van der Waals surface area contributed by atoms with Gasteiger partial charge in [-0.3, -0.25) is 0 Å². The molecule has 0 aliphatic heterocycles. The second-order valence-electron chi connectivity index (χ2n) is 8.29. The minimum atomic E-state index is -3.80. The van der Waals surface area contributed by atoms with Gasteiger partial charge in [-0.15, -0.1) is 0 Å². The van der Waals surface area contributed by atoms with Gasteiger partial charge in [0.2, 0.25) is 10.0 Å². The van der Waals surface area contributed by atoms with Gasteiger partial charge in [-0.1, -0.05) is 17.7 Å². The summed E-state index contributed by atoms with van der Waals surface area (Å²) in [7, 11) is -5.62. The molecule has 1 N–H and O–H groups in total. The third kappa shape index (κ3) is 3.40. The highest BCUT2D eigenvalue weighted by molar-refractivity contribution is 7.90. The van der Waals surface area contributed by atoms with E-state index in [0.29, 0.717) is 16.6 Å². The van der Waals surface area contributed by atoms with E-state index in [1.165, 1.54) is 17.2 Å². The van der Waals surface area contributed by atoms with Gasteiger partial charge in [0, 0.05) is 17.6 Å². The second kappa shape index (κ2) is 7.39. The predicted octanol–water partition coefficient (Wildman–Crippen LogP) is 2.43. The monoisotopic (exact) mass is 473 g/mol. The number of pyridine rings is 1. The minimum absolute atomic E-state index is 0.0822. The number of fused-ring (bicyclic) bond motifs is 3. The fourth-order valence-corrected chi connectivity index (χ4v) is 6.70. The number of hydrogen-bond donors (Lipinski definition) is 1. The zero-order chi connectivity index (χ0) is 22.7. The van der Waals surface area contributed by atoms with Crippen molar-refractivity contribution >= 4 is 42.1 Å². The highest BCUT2D eigenvalue weighted by Crippen LogP contribution is 2.41. The zero-order valence-electron chi connectivity index (χ0n) is 17.6. The Kier molecular flexibility index (Phi) is 4.88. The highest BCUT2D eigenvalue weighted by atomic mass is 32.2. The van der Waals surface area contributed by atoms with Gasteiger partial charge in [0.05, 0.1) is 28.7 Å². The van der Waals surface area contributed by atoms with E-state index in [0.717, 1.165) is 23.9 Å². The third-order valence-corrected chi connectivity index (χ3v) is 9.37. The van der Waals surface area contributed by atoms with E-state index in [1.54, 1.807) is 42.9 Å². The zero-order valence-corrected chi connectivity index (χ0v) is 19.3. The molecule has 0 radical (unpaired) electrons. The molecule has 5 rings (SSSR count). The molecule has 0 saturated heterocycles. The first-order valence-corrected chi connectivity index (χ1v) is 13.3. The van der Waals surface area contributed by atoms with Gasteiger partial charge in [-0.2, -0.15) is 0 Å². The summed E-state index contributed by atoms with van der Waals surface area (Å²) in [5, 5.41) is 0.696. The normalized spacial score (nSPS) is 19.4. The summed E-state index contributed by atoms with van der Waals surface area (Å²) in [5.74, 6) is 0.188. The largest absolute Gasteiger partial charge is 0.327 e. The molecular formula is C21H23N5O4S2. The fraction of sp³-hybridized carbons (Fsp3) is 0.333. The van der Waals surface area contributed by atoms with E-state index < -0.39 is 20.0 Å². The lowest BCUT2D eigenvalue weighted by Crippen LogP contribution is -2.35. The lowest BCUT2D eigenvalue weighted by atomic mass is 9.81. The Labute approximate surface area is 186 Å². The quantitative estimate of drug-likeness (QED) is 0.460. The number of nitrogens with one attached hydrogen (secondary N) is 1. The Morgan fingerprint density at radius 1 is 1.06 bits per heavy atom. The van der Waals surface area contributed by atoms with Crippen LogP contribution in [0, 0.1) is 12.8 Å². The second-order valence-corrected chi connectivity index (χ2v) is 12.1. The van der Waals surface area contributed by atoms with Crippen LogP contribution in [0.4, 0.5) is 0 Å². The molecule has 4 aromatic rings. The summed E-state index contributed by atoms with van der Waals surface area (Å²) < 4.78 is 55.7. The van der Waals surface area contributed by atoms with Gasteiger partial charge in [0.25, 0.3) is 10.0 Å². The van der Waals surface area contributed by atoms with Crippen LogP contribution in [0.2, 0.25) is 0 Å². The Hall–Kier alpha value is -2.76. The molecule has 1 aromatic carbocycles. The maximum Gasteiger partial charge on any atom is 0.269 e. The first kappa shape index (κ1) is 21.1. The number of rotatable bonds is 6. The number of benzene rings is 1. The first-order chi connectivity index (χ1) is 15.2. The molecule has 1 saturated carbocycles. The van der Waals surface area contributed by atoms with Crippen LogP contribution < -0.4 is 4.72 Å². The number of aryl methyl sites for hydroxylation is 1. The number of sulfonamides is 1. The van der Waals surface area contributed by atoms with Crippen molar-refractivity contribution < 1.29 is 16.8 Å². The molecule has 1 aliphatic rings. The summed E-state index contributed by atoms with van der Waals surface area (Å²) in [6.45, 7) is 1.90. The average Bonchev–Trinajstić information content (AvgIpc) is 3.35. The maximum atomic E-state index is 13.2. The SMILES string of the molecule is CNS(=O)(=O)CC1CC(n2cnc3cnc4c(ccn4S(=O)(=O)c4ccc(C)cc4)c32)C1. The Morgan fingerprint density at radius 2 is 1.78 bits per heavy atom. The molecule has 168 valence electrons. The van der Waals surface area contributed by atoms with Gasteiger partial charge in [0.1, 0.15) is 5.52 Å². The maximum absolute atomic E-state index is 13.2. The van der Waals surface area contributed by atoms with Gasteiger partial charge in [0.15, 0.2) is 5.65 Å². The molecule has 1 fully saturated rings. The van der Waals surface area contributed by atoms with Crippen molar-refractivity contribution in [1.29, 1.82) is 0 Å². The molecule has 32 heavy (non-hydrogen) atoms. The molecular weight excluding hydrogens is 450 g/mol. The summed E-state index contributed by atoms with van der Waals surface area (Å²) in [5.41, 5.74) is 2.81. The third-order valence-electron chi connectivity index (χ3n) is 6.16. The van der Waals surface area contributed by atoms with Gasteiger partial charge >= 0.3 is 0 Å². The van der Waals surface area contributed by atoms with Crippen molar-refractivity contribution in [1.82, 2.24) is 23.2 Å². The molecule has 11 heteroatoms. The fourth-order valence-electron chi connectivity index (χ4n) is 4.34. The van der Waals surface area contributed by atoms with E-state index in [1.807, 2.05) is 11.5 Å². The summed E-state index contributed by atoms with van der Waals surface area (Å²) in [4.78, 5) is 9.03. The van der Waals surface area contributed by atoms with Crippen LogP contribution in [0.5, 0.6) is 0 Å². The van der Waals surface area contributed by atoms with Crippen LogP contribution in [0.3, 0.4) is 0 Å². The topological polar surface area (TPSA) is 116 Å². The lowest BCUT2D eigenvalue weighted by molar-refractivity contribution is 0.222. The van der Waals surface area contributed by atoms with E-state index in [-0.39, 0.29) is 22.6 Å². The number of aromatic nitrogens is 4. The van der Waals surface area contributed by atoms with Crippen LogP contribution in [0.1, 0.15) is 24.4 Å². The van der Waals surface area contributed by atoms with Crippen molar-refractivity contribution in [2.75, 3.05) is 12.8 Å². The molecule has 3 heterocycles. The van der Waals surface area contributed by atoms with E-state index >= 15 is 0 Å². The molecule has 0 atom stereocenters. The van der Waals surface area contributed by atoms with Gasteiger partial charge in [-0.05, 0) is 50.9 Å². The molecule has 9 nitrogen and oxygen atoms in total. The van der Waals surface area contributed by atoms with Crippen LogP contribution in [-0.2, 0) is 20.0 Å². The van der Waals surface area contributed by atoms with Crippen LogP contribution in [-0.4, -0.2) is 48.1 Å². The van der Waals surface area contributed by atoms with E-state index in [2.05, 4.69) is 14.7 Å². The van der Waals surface area contributed by atoms with Crippen molar-refractivity contribution in [2.24, 2.45) is 5.92 Å². The van der Waals surface area contributed by atoms with Crippen LogP contribution >= 0.6 is 0 Å². The number of imidazole rings is 1. The van der Waals surface area contributed by atoms with E-state index in [4.69, 9.17) is 0 Å². The Morgan fingerprint density at radius 3 is 2.47 bits per heavy atom. The summed E-state index contributed by atoms with van der Waals surface area (Å²) in [6.07, 6.45) is 6.27. The minimum Gasteiger partial charge on any atom is -0.327 e. The van der Waals surface area contributed by atoms with Crippen LogP contribution in [0.25, 0.3) is 22.1 Å².